The van der Waals surface area contributed by atoms with Crippen LogP contribution in [0.4, 0.5) is 5.69 Å². The second-order valence-corrected chi connectivity index (χ2v) is 4.32. The lowest BCUT2D eigenvalue weighted by atomic mass is 10.1. The average Bonchev–Trinajstić information content (AvgIpc) is 2.87. The molecule has 2 rings (SSSR count). The zero-order chi connectivity index (χ0) is 14.7. The number of rotatable bonds is 5. The number of nitrogens with one attached hydrogen (secondary N) is 2. The van der Waals surface area contributed by atoms with Gasteiger partial charge in [0.15, 0.2) is 5.69 Å². The molecule has 0 fully saturated rings. The Labute approximate surface area is 113 Å². The number of aromatic amines is 1. The molecule has 0 spiro atoms. The predicted molar refractivity (Wildman–Crippen MR) is 71.4 cm³/mol. The maximum absolute atomic E-state index is 12.1. The summed E-state index contributed by atoms with van der Waals surface area (Å²) in [6.07, 6.45) is 0.574. The van der Waals surface area contributed by atoms with Crippen molar-refractivity contribution in [2.75, 3.05) is 6.61 Å². The van der Waals surface area contributed by atoms with Crippen molar-refractivity contribution in [1.29, 1.82) is 0 Å². The van der Waals surface area contributed by atoms with E-state index in [2.05, 4.69) is 15.5 Å². The van der Waals surface area contributed by atoms with E-state index < -0.39 is 10.8 Å². The first kappa shape index (κ1) is 13.9. The van der Waals surface area contributed by atoms with E-state index in [1.54, 1.807) is 0 Å². The molecule has 0 radical (unpaired) electrons. The Hall–Kier alpha value is -2.48. The molecule has 8 nitrogen and oxygen atoms in total. The highest BCUT2D eigenvalue weighted by molar-refractivity contribution is 6.05. The number of aliphatic hydroxyl groups is 1. The van der Waals surface area contributed by atoms with Crippen molar-refractivity contribution < 1.29 is 14.8 Å². The van der Waals surface area contributed by atoms with E-state index in [1.165, 1.54) is 18.2 Å². The summed E-state index contributed by atoms with van der Waals surface area (Å²) < 4.78 is 0. The van der Waals surface area contributed by atoms with Crippen LogP contribution in [0.15, 0.2) is 18.2 Å². The number of carbonyl (C=O) groups excluding carboxylic acids is 1. The normalized spacial score (nSPS) is 12.3. The number of benzene rings is 1. The summed E-state index contributed by atoms with van der Waals surface area (Å²) in [4.78, 5) is 22.3. The number of fused-ring (bicyclic) bond motifs is 1. The highest BCUT2D eigenvalue weighted by Crippen LogP contribution is 2.22. The third kappa shape index (κ3) is 2.59. The molecule has 1 amide bonds. The summed E-state index contributed by atoms with van der Waals surface area (Å²) in [5.74, 6) is -0.474. The van der Waals surface area contributed by atoms with E-state index in [0.29, 0.717) is 17.3 Å². The average molecular weight is 278 g/mol. The van der Waals surface area contributed by atoms with Crippen molar-refractivity contribution in [3.05, 3.63) is 34.0 Å². The van der Waals surface area contributed by atoms with Gasteiger partial charge in [-0.1, -0.05) is 6.92 Å². The van der Waals surface area contributed by atoms with E-state index in [1.807, 2.05) is 6.92 Å². The van der Waals surface area contributed by atoms with Gasteiger partial charge in [-0.25, -0.2) is 0 Å². The van der Waals surface area contributed by atoms with Crippen molar-refractivity contribution in [3.63, 3.8) is 0 Å². The summed E-state index contributed by atoms with van der Waals surface area (Å²) in [7, 11) is 0. The summed E-state index contributed by atoms with van der Waals surface area (Å²) in [6, 6.07) is 3.77. The second-order valence-electron chi connectivity index (χ2n) is 4.32. The molecule has 20 heavy (non-hydrogen) atoms. The standard InChI is InChI=1S/C12H14N4O4/c1-2-7(6-17)13-12(18)11-9-5-8(16(19)20)3-4-10(9)14-15-11/h3-5,7,17H,2,6H2,1H3,(H,13,18)(H,14,15). The van der Waals surface area contributed by atoms with Crippen LogP contribution in [0.3, 0.4) is 0 Å². The number of hydrogen-bond acceptors (Lipinski definition) is 5. The molecule has 2 aromatic rings. The van der Waals surface area contributed by atoms with Crippen molar-refractivity contribution >= 4 is 22.5 Å². The zero-order valence-corrected chi connectivity index (χ0v) is 10.8. The van der Waals surface area contributed by atoms with Crippen LogP contribution in [0.25, 0.3) is 10.9 Å². The first-order chi connectivity index (χ1) is 9.56. The Morgan fingerprint density at radius 2 is 2.35 bits per heavy atom. The lowest BCUT2D eigenvalue weighted by molar-refractivity contribution is -0.384. The Balaban J connectivity index is 2.36. The molecule has 1 atom stereocenters. The van der Waals surface area contributed by atoms with E-state index in [0.717, 1.165) is 0 Å². The Kier molecular flexibility index (Phi) is 3.94. The maximum atomic E-state index is 12.1. The predicted octanol–water partition coefficient (Wildman–Crippen LogP) is 0.972. The Bertz CT molecular complexity index is 648. The summed E-state index contributed by atoms with van der Waals surface area (Å²) >= 11 is 0. The molecular formula is C12H14N4O4. The smallest absolute Gasteiger partial charge is 0.272 e. The molecule has 0 saturated heterocycles. The number of non-ortho nitro benzene ring substituents is 1. The van der Waals surface area contributed by atoms with Gasteiger partial charge in [0.2, 0.25) is 0 Å². The molecule has 0 aliphatic carbocycles. The minimum absolute atomic E-state index is 0.0793. The lowest BCUT2D eigenvalue weighted by Gasteiger charge is -2.12. The third-order valence-electron chi connectivity index (χ3n) is 3.02. The van der Waals surface area contributed by atoms with Crippen molar-refractivity contribution in [1.82, 2.24) is 15.5 Å². The van der Waals surface area contributed by atoms with Crippen LogP contribution >= 0.6 is 0 Å². The fraction of sp³-hybridized carbons (Fsp3) is 0.333. The SMILES string of the molecule is CCC(CO)NC(=O)c1n[nH]c2ccc([N+](=O)[O-])cc12. The van der Waals surface area contributed by atoms with E-state index >= 15 is 0 Å². The molecule has 0 aliphatic rings. The van der Waals surface area contributed by atoms with Crippen LogP contribution < -0.4 is 5.32 Å². The fourth-order valence-corrected chi connectivity index (χ4v) is 1.82. The summed E-state index contributed by atoms with van der Waals surface area (Å²) in [5.41, 5.74) is 0.510. The lowest BCUT2D eigenvalue weighted by Crippen LogP contribution is -2.37. The molecule has 0 aliphatic heterocycles. The highest BCUT2D eigenvalue weighted by atomic mass is 16.6. The highest BCUT2D eigenvalue weighted by Gasteiger charge is 2.19. The third-order valence-corrected chi connectivity index (χ3v) is 3.02. The molecular weight excluding hydrogens is 264 g/mol. The molecule has 3 N–H and O–H groups in total. The van der Waals surface area contributed by atoms with Crippen LogP contribution in [0.5, 0.6) is 0 Å². The zero-order valence-electron chi connectivity index (χ0n) is 10.8. The fourth-order valence-electron chi connectivity index (χ4n) is 1.82. The Morgan fingerprint density at radius 1 is 1.60 bits per heavy atom. The van der Waals surface area contributed by atoms with Gasteiger partial charge in [-0.05, 0) is 12.5 Å². The Morgan fingerprint density at radius 3 is 2.95 bits per heavy atom. The van der Waals surface area contributed by atoms with Gasteiger partial charge in [-0.2, -0.15) is 5.10 Å². The molecule has 0 saturated carbocycles. The van der Waals surface area contributed by atoms with Gasteiger partial charge in [-0.3, -0.25) is 20.0 Å². The molecule has 1 aromatic carbocycles. The molecule has 1 aromatic heterocycles. The van der Waals surface area contributed by atoms with Crippen molar-refractivity contribution in [2.45, 2.75) is 19.4 Å². The number of carbonyl (C=O) groups is 1. The van der Waals surface area contributed by atoms with Gasteiger partial charge in [0.1, 0.15) is 0 Å². The van der Waals surface area contributed by atoms with E-state index in [4.69, 9.17) is 5.11 Å². The number of amides is 1. The van der Waals surface area contributed by atoms with Crippen LogP contribution in [0.2, 0.25) is 0 Å². The number of hydrogen-bond donors (Lipinski definition) is 3. The van der Waals surface area contributed by atoms with Crippen LogP contribution in [-0.4, -0.2) is 38.8 Å². The summed E-state index contributed by atoms with van der Waals surface area (Å²) in [6.45, 7) is 1.65. The van der Waals surface area contributed by atoms with Gasteiger partial charge in [-0.15, -0.1) is 0 Å². The minimum Gasteiger partial charge on any atom is -0.394 e. The van der Waals surface area contributed by atoms with Gasteiger partial charge < -0.3 is 10.4 Å². The minimum atomic E-state index is -0.531. The van der Waals surface area contributed by atoms with E-state index in [-0.39, 0.29) is 24.0 Å². The number of aromatic nitrogens is 2. The largest absolute Gasteiger partial charge is 0.394 e. The quantitative estimate of drug-likeness (QED) is 0.555. The first-order valence-electron chi connectivity index (χ1n) is 6.11. The van der Waals surface area contributed by atoms with E-state index in [9.17, 15) is 14.9 Å². The number of nitrogens with zero attached hydrogens (tertiary/aromatic N) is 2. The van der Waals surface area contributed by atoms with Gasteiger partial charge in [0.05, 0.1) is 23.1 Å². The second kappa shape index (κ2) is 5.66. The maximum Gasteiger partial charge on any atom is 0.272 e. The molecule has 1 heterocycles. The van der Waals surface area contributed by atoms with Crippen molar-refractivity contribution in [2.24, 2.45) is 0 Å². The first-order valence-corrected chi connectivity index (χ1v) is 6.11. The molecule has 106 valence electrons. The van der Waals surface area contributed by atoms with Crippen LogP contribution in [0, 0.1) is 10.1 Å². The molecule has 0 bridgehead atoms. The van der Waals surface area contributed by atoms with Gasteiger partial charge in [0, 0.05) is 17.5 Å². The van der Waals surface area contributed by atoms with Gasteiger partial charge >= 0.3 is 0 Å². The number of aliphatic hydroxyl groups excluding tert-OH is 1. The van der Waals surface area contributed by atoms with Crippen molar-refractivity contribution in [3.8, 4) is 0 Å². The van der Waals surface area contributed by atoms with Crippen LogP contribution in [0.1, 0.15) is 23.8 Å². The monoisotopic (exact) mass is 278 g/mol. The molecule has 8 heteroatoms. The molecule has 1 unspecified atom stereocenters. The van der Waals surface area contributed by atoms with Crippen LogP contribution in [-0.2, 0) is 0 Å². The summed E-state index contributed by atoms with van der Waals surface area (Å²) in [5, 5.41) is 29.4. The number of nitro groups is 1. The number of nitro benzene ring substituents is 1. The number of H-pyrrole nitrogens is 1. The topological polar surface area (TPSA) is 121 Å². The van der Waals surface area contributed by atoms with Gasteiger partial charge in [0.25, 0.3) is 11.6 Å².